The van der Waals surface area contributed by atoms with Crippen LogP contribution in [0.3, 0.4) is 0 Å². The molecule has 0 saturated heterocycles. The third kappa shape index (κ3) is 2.71. The van der Waals surface area contributed by atoms with Crippen LogP contribution in [0.1, 0.15) is 28.0 Å². The Morgan fingerprint density at radius 3 is 2.29 bits per heavy atom. The predicted octanol–water partition coefficient (Wildman–Crippen LogP) is 3.50. The maximum Gasteiger partial charge on any atom is 0.418 e. The van der Waals surface area contributed by atoms with E-state index in [9.17, 15) is 26.7 Å². The van der Waals surface area contributed by atoms with E-state index in [1.807, 2.05) is 0 Å². The minimum Gasteiger partial charge on any atom is -0.478 e. The van der Waals surface area contributed by atoms with Crippen LogP contribution in [0.5, 0.6) is 0 Å². The number of halogens is 6. The second kappa shape index (κ2) is 4.55. The smallest absolute Gasteiger partial charge is 0.418 e. The zero-order valence-electron chi connectivity index (χ0n) is 7.73. The summed E-state index contributed by atoms with van der Waals surface area (Å²) in [6.07, 6.45) is -8.05. The van der Waals surface area contributed by atoms with Gasteiger partial charge in [0.05, 0.1) is 15.6 Å². The number of hydrogen-bond donors (Lipinski definition) is 1. The Balaban J connectivity index is 3.60. The van der Waals surface area contributed by atoms with E-state index >= 15 is 0 Å². The van der Waals surface area contributed by atoms with Crippen LogP contribution in [0.4, 0.5) is 22.0 Å². The van der Waals surface area contributed by atoms with Gasteiger partial charge in [-0.15, -0.1) is 0 Å². The van der Waals surface area contributed by atoms with Crippen LogP contribution < -0.4 is 0 Å². The second-order valence-electron chi connectivity index (χ2n) is 2.85. The highest BCUT2D eigenvalue weighted by Crippen LogP contribution is 2.40. The van der Waals surface area contributed by atoms with E-state index in [1.165, 1.54) is 0 Å². The summed E-state index contributed by atoms with van der Waals surface area (Å²) in [6, 6.07) is 0. The molecular formula is C8H3BrF5NO2. The Morgan fingerprint density at radius 1 is 1.41 bits per heavy atom. The Bertz CT molecular complexity index is 460. The number of hydrogen-bond acceptors (Lipinski definition) is 2. The first-order valence-corrected chi connectivity index (χ1v) is 4.72. The zero-order chi connectivity index (χ0) is 13.4. The molecule has 0 spiro atoms. The molecule has 1 aromatic rings. The fourth-order valence-electron chi connectivity index (χ4n) is 1.09. The number of alkyl halides is 5. The van der Waals surface area contributed by atoms with Gasteiger partial charge in [-0.3, -0.25) is 4.98 Å². The van der Waals surface area contributed by atoms with Crippen molar-refractivity contribution in [1.82, 2.24) is 4.98 Å². The molecule has 1 aromatic heterocycles. The van der Waals surface area contributed by atoms with Crippen molar-refractivity contribution in [3.8, 4) is 0 Å². The normalized spacial score (nSPS) is 11.9. The van der Waals surface area contributed by atoms with Gasteiger partial charge < -0.3 is 5.11 Å². The summed E-state index contributed by atoms with van der Waals surface area (Å²) in [5, 5.41) is 8.53. The lowest BCUT2D eigenvalue weighted by atomic mass is 10.1. The summed E-state index contributed by atoms with van der Waals surface area (Å²) >= 11 is 2.31. The monoisotopic (exact) mass is 319 g/mol. The molecule has 0 aliphatic heterocycles. The molecular weight excluding hydrogens is 317 g/mol. The maximum atomic E-state index is 12.5. The van der Waals surface area contributed by atoms with Crippen molar-refractivity contribution in [1.29, 1.82) is 0 Å². The zero-order valence-corrected chi connectivity index (χ0v) is 9.31. The first-order chi connectivity index (χ1) is 7.66. The van der Waals surface area contributed by atoms with Gasteiger partial charge in [-0.25, -0.2) is 13.6 Å². The Morgan fingerprint density at radius 2 is 1.94 bits per heavy atom. The minimum atomic E-state index is -5.07. The average molecular weight is 320 g/mol. The molecule has 0 aliphatic carbocycles. The van der Waals surface area contributed by atoms with E-state index in [-0.39, 0.29) is 6.20 Å². The lowest BCUT2D eigenvalue weighted by Gasteiger charge is -2.14. The number of aromatic carboxylic acids is 1. The summed E-state index contributed by atoms with van der Waals surface area (Å²) < 4.78 is 61.2. The van der Waals surface area contributed by atoms with Crippen LogP contribution in [0.25, 0.3) is 0 Å². The molecule has 1 heterocycles. The fraction of sp³-hybridized carbons (Fsp3) is 0.250. The van der Waals surface area contributed by atoms with Gasteiger partial charge in [0.2, 0.25) is 0 Å². The van der Waals surface area contributed by atoms with E-state index in [0.717, 1.165) is 0 Å². The fourth-order valence-corrected chi connectivity index (χ4v) is 1.81. The highest BCUT2D eigenvalue weighted by molar-refractivity contribution is 9.10. The molecule has 0 fully saturated rings. The molecule has 0 radical (unpaired) electrons. The van der Waals surface area contributed by atoms with E-state index in [1.54, 1.807) is 0 Å². The number of aromatic nitrogens is 1. The predicted molar refractivity (Wildman–Crippen MR) is 48.9 cm³/mol. The largest absolute Gasteiger partial charge is 0.478 e. The molecule has 3 nitrogen and oxygen atoms in total. The molecule has 0 atom stereocenters. The molecule has 0 bridgehead atoms. The van der Waals surface area contributed by atoms with Crippen molar-refractivity contribution in [3.05, 3.63) is 27.5 Å². The number of carbonyl (C=O) groups is 1. The molecule has 0 amide bonds. The molecule has 0 aliphatic rings. The van der Waals surface area contributed by atoms with Gasteiger partial charge in [0.15, 0.2) is 0 Å². The molecule has 1 N–H and O–H groups in total. The highest BCUT2D eigenvalue weighted by Gasteiger charge is 2.40. The molecule has 1 rings (SSSR count). The minimum absolute atomic E-state index is 0.261. The van der Waals surface area contributed by atoms with Crippen LogP contribution in [-0.4, -0.2) is 16.1 Å². The van der Waals surface area contributed by atoms with Crippen LogP contribution in [0.2, 0.25) is 0 Å². The van der Waals surface area contributed by atoms with E-state index in [2.05, 4.69) is 20.9 Å². The summed E-state index contributed by atoms with van der Waals surface area (Å²) in [5.41, 5.74) is -4.01. The molecule has 17 heavy (non-hydrogen) atoms. The van der Waals surface area contributed by atoms with Crippen molar-refractivity contribution in [2.75, 3.05) is 0 Å². The Hall–Kier alpha value is -1.25. The summed E-state index contributed by atoms with van der Waals surface area (Å²) in [6.45, 7) is 0. The van der Waals surface area contributed by atoms with Gasteiger partial charge in [-0.2, -0.15) is 13.2 Å². The van der Waals surface area contributed by atoms with Gasteiger partial charge in [0.25, 0.3) is 6.43 Å². The first kappa shape index (κ1) is 13.8. The number of carboxylic acid groups (broad SMARTS) is 1. The Kier molecular flexibility index (Phi) is 3.70. The third-order valence-corrected chi connectivity index (χ3v) is 2.57. The molecule has 0 saturated carbocycles. The van der Waals surface area contributed by atoms with E-state index in [0.29, 0.717) is 0 Å². The number of rotatable bonds is 2. The first-order valence-electron chi connectivity index (χ1n) is 3.93. The van der Waals surface area contributed by atoms with Crippen LogP contribution in [0.15, 0.2) is 10.7 Å². The van der Waals surface area contributed by atoms with Crippen molar-refractivity contribution in [2.24, 2.45) is 0 Å². The molecule has 94 valence electrons. The topological polar surface area (TPSA) is 50.2 Å². The number of carboxylic acids is 1. The molecule has 0 unspecified atom stereocenters. The maximum absolute atomic E-state index is 12.5. The highest BCUT2D eigenvalue weighted by atomic mass is 79.9. The number of pyridine rings is 1. The molecule has 9 heteroatoms. The summed E-state index contributed by atoms with van der Waals surface area (Å²) in [5.74, 6) is -1.90. The van der Waals surface area contributed by atoms with Crippen molar-refractivity contribution in [3.63, 3.8) is 0 Å². The SMILES string of the molecule is O=C(O)c1cnc(C(F)F)c(Br)c1C(F)(F)F. The van der Waals surface area contributed by atoms with Crippen LogP contribution in [-0.2, 0) is 6.18 Å². The third-order valence-electron chi connectivity index (χ3n) is 1.77. The summed E-state index contributed by atoms with van der Waals surface area (Å²) in [7, 11) is 0. The number of nitrogens with zero attached hydrogens (tertiary/aromatic N) is 1. The van der Waals surface area contributed by atoms with Gasteiger partial charge in [-0.05, 0) is 15.9 Å². The quantitative estimate of drug-likeness (QED) is 0.849. The van der Waals surface area contributed by atoms with Crippen molar-refractivity contribution < 1.29 is 31.9 Å². The lowest BCUT2D eigenvalue weighted by molar-refractivity contribution is -0.138. The van der Waals surface area contributed by atoms with Gasteiger partial charge in [0, 0.05) is 6.20 Å². The van der Waals surface area contributed by atoms with E-state index < -0.39 is 39.9 Å². The van der Waals surface area contributed by atoms with Gasteiger partial charge in [0.1, 0.15) is 5.69 Å². The van der Waals surface area contributed by atoms with Gasteiger partial charge in [-0.1, -0.05) is 0 Å². The second-order valence-corrected chi connectivity index (χ2v) is 3.64. The lowest BCUT2D eigenvalue weighted by Crippen LogP contribution is -2.16. The Labute approximate surface area is 99.4 Å². The standard InChI is InChI=1S/C8H3BrF5NO2/c9-4-3(8(12,13)14)2(7(16)17)1-15-5(4)6(10)11/h1,6H,(H,16,17). The average Bonchev–Trinajstić information content (AvgIpc) is 2.14. The summed E-state index contributed by atoms with van der Waals surface area (Å²) in [4.78, 5) is 13.5. The van der Waals surface area contributed by atoms with Gasteiger partial charge >= 0.3 is 12.1 Å². The van der Waals surface area contributed by atoms with Crippen LogP contribution in [0, 0.1) is 0 Å². The van der Waals surface area contributed by atoms with E-state index in [4.69, 9.17) is 5.11 Å². The van der Waals surface area contributed by atoms with Crippen LogP contribution >= 0.6 is 15.9 Å². The molecule has 0 aromatic carbocycles. The van der Waals surface area contributed by atoms with Crippen molar-refractivity contribution >= 4 is 21.9 Å². The van der Waals surface area contributed by atoms with Crippen molar-refractivity contribution in [2.45, 2.75) is 12.6 Å².